The van der Waals surface area contributed by atoms with Gasteiger partial charge in [-0.3, -0.25) is 0 Å². The Bertz CT molecular complexity index is 88.1. The molecule has 1 unspecified atom stereocenters. The lowest BCUT2D eigenvalue weighted by atomic mass is 10.1. The maximum Gasteiger partial charge on any atom is 0.136 e. The van der Waals surface area contributed by atoms with Crippen molar-refractivity contribution in [2.24, 2.45) is 0 Å². The molecule has 0 amide bonds. The second-order valence-electron chi connectivity index (χ2n) is 2.54. The van der Waals surface area contributed by atoms with Crippen molar-refractivity contribution in [3.05, 3.63) is 0 Å². The molecule has 1 N–H and O–H groups in total. The minimum atomic E-state index is -0.156. The van der Waals surface area contributed by atoms with Crippen LogP contribution < -0.4 is 5.32 Å². The molecule has 0 aromatic carbocycles. The summed E-state index contributed by atoms with van der Waals surface area (Å²) < 4.78 is 0. The first kappa shape index (κ1) is 10.6. The third kappa shape index (κ3) is 6.01. The van der Waals surface area contributed by atoms with Gasteiger partial charge in [0.2, 0.25) is 0 Å². The van der Waals surface area contributed by atoms with Crippen molar-refractivity contribution in [1.82, 2.24) is 5.32 Å². The molecule has 11 heavy (non-hydrogen) atoms. The molecule has 0 aliphatic carbocycles. The molecule has 3 heteroatoms. The summed E-state index contributed by atoms with van der Waals surface area (Å²) in [6.45, 7) is 2.32. The fraction of sp³-hybridized carbons (Fsp3) is 0.875. The van der Waals surface area contributed by atoms with Crippen LogP contribution in [0.3, 0.4) is 0 Å². The highest BCUT2D eigenvalue weighted by molar-refractivity contribution is 5.57. The Balaban J connectivity index is 3.33. The lowest BCUT2D eigenvalue weighted by molar-refractivity contribution is -0.109. The van der Waals surface area contributed by atoms with E-state index in [1.54, 1.807) is 0 Å². The van der Waals surface area contributed by atoms with Crippen LogP contribution in [0.1, 0.15) is 26.2 Å². The molecule has 3 nitrogen and oxygen atoms in total. The van der Waals surface area contributed by atoms with E-state index in [0.29, 0.717) is 6.54 Å². The second-order valence-corrected chi connectivity index (χ2v) is 2.54. The van der Waals surface area contributed by atoms with E-state index >= 15 is 0 Å². The van der Waals surface area contributed by atoms with Crippen molar-refractivity contribution in [3.8, 4) is 0 Å². The third-order valence-electron chi connectivity index (χ3n) is 1.54. The molecule has 65 valence electrons. The standard InChI is InChI=1S/C8H16NO2/c1-2-3-4-8(7-11)9-5-6-10/h7-9H,2-6H2,1H3. The highest BCUT2D eigenvalue weighted by Crippen LogP contribution is 1.97. The zero-order chi connectivity index (χ0) is 8.53. The number of hydrogen-bond donors (Lipinski definition) is 1. The van der Waals surface area contributed by atoms with Crippen LogP contribution in [0.5, 0.6) is 0 Å². The number of rotatable bonds is 7. The molecule has 0 saturated heterocycles. The van der Waals surface area contributed by atoms with Crippen molar-refractivity contribution in [2.75, 3.05) is 13.2 Å². The molecule has 0 saturated carbocycles. The molecule has 0 bridgehead atoms. The van der Waals surface area contributed by atoms with Gasteiger partial charge in [-0.25, -0.2) is 5.11 Å². The Morgan fingerprint density at radius 2 is 2.27 bits per heavy atom. The Kier molecular flexibility index (Phi) is 7.41. The van der Waals surface area contributed by atoms with Crippen LogP contribution in [0.15, 0.2) is 0 Å². The Morgan fingerprint density at radius 1 is 1.55 bits per heavy atom. The minimum Gasteiger partial charge on any atom is -0.305 e. The van der Waals surface area contributed by atoms with E-state index in [2.05, 4.69) is 12.2 Å². The number of carbonyl (C=O) groups is 1. The zero-order valence-electron chi connectivity index (χ0n) is 7.01. The summed E-state index contributed by atoms with van der Waals surface area (Å²) >= 11 is 0. The fourth-order valence-electron chi connectivity index (χ4n) is 0.887. The normalized spacial score (nSPS) is 12.9. The molecule has 0 rings (SSSR count). The van der Waals surface area contributed by atoms with Crippen LogP contribution in [0, 0.1) is 0 Å². The molecule has 0 spiro atoms. The highest BCUT2D eigenvalue weighted by Gasteiger charge is 2.03. The van der Waals surface area contributed by atoms with Gasteiger partial charge >= 0.3 is 0 Å². The van der Waals surface area contributed by atoms with Gasteiger partial charge in [0.1, 0.15) is 6.29 Å². The Labute approximate surface area is 67.8 Å². The smallest absolute Gasteiger partial charge is 0.136 e. The second kappa shape index (κ2) is 7.69. The quantitative estimate of drug-likeness (QED) is 0.556. The molecule has 0 fully saturated rings. The van der Waals surface area contributed by atoms with Crippen molar-refractivity contribution in [1.29, 1.82) is 0 Å². The molecule has 1 radical (unpaired) electrons. The number of hydrogen-bond acceptors (Lipinski definition) is 2. The average molecular weight is 158 g/mol. The first-order valence-electron chi connectivity index (χ1n) is 4.12. The average Bonchev–Trinajstić information content (AvgIpc) is 2.05. The molecule has 0 heterocycles. The van der Waals surface area contributed by atoms with Crippen LogP contribution in [0.2, 0.25) is 0 Å². The zero-order valence-corrected chi connectivity index (χ0v) is 7.01. The van der Waals surface area contributed by atoms with Crippen LogP contribution in [0.25, 0.3) is 0 Å². The maximum atomic E-state index is 10.4. The predicted octanol–water partition coefficient (Wildman–Crippen LogP) is 0.764. The molecular weight excluding hydrogens is 142 g/mol. The Hall–Kier alpha value is -0.410. The minimum absolute atomic E-state index is 0.108. The summed E-state index contributed by atoms with van der Waals surface area (Å²) in [7, 11) is 0. The van der Waals surface area contributed by atoms with Gasteiger partial charge in [-0.1, -0.05) is 19.8 Å². The van der Waals surface area contributed by atoms with E-state index in [4.69, 9.17) is 0 Å². The van der Waals surface area contributed by atoms with Crippen molar-refractivity contribution >= 4 is 6.29 Å². The SMILES string of the molecule is CCCCC(C=O)NCC[O]. The number of nitrogens with one attached hydrogen (secondary N) is 1. The number of aldehydes is 1. The first-order valence-corrected chi connectivity index (χ1v) is 4.12. The largest absolute Gasteiger partial charge is 0.305 e. The monoisotopic (exact) mass is 158 g/mol. The lowest BCUT2D eigenvalue weighted by Gasteiger charge is -2.09. The summed E-state index contributed by atoms with van der Waals surface area (Å²) in [5, 5.41) is 12.9. The van der Waals surface area contributed by atoms with E-state index in [-0.39, 0.29) is 12.6 Å². The van der Waals surface area contributed by atoms with Crippen molar-refractivity contribution < 1.29 is 9.90 Å². The van der Waals surface area contributed by atoms with E-state index < -0.39 is 0 Å². The Morgan fingerprint density at radius 3 is 2.73 bits per heavy atom. The predicted molar refractivity (Wildman–Crippen MR) is 42.9 cm³/mol. The molecule has 0 aliphatic rings. The molecule has 0 aromatic heterocycles. The van der Waals surface area contributed by atoms with Crippen LogP contribution in [0.4, 0.5) is 0 Å². The number of carbonyl (C=O) groups excluding carboxylic acids is 1. The summed E-state index contributed by atoms with van der Waals surface area (Å²) in [4.78, 5) is 10.4. The van der Waals surface area contributed by atoms with E-state index in [1.807, 2.05) is 0 Å². The topological polar surface area (TPSA) is 49.0 Å². The fourth-order valence-corrected chi connectivity index (χ4v) is 0.887. The van der Waals surface area contributed by atoms with Gasteiger partial charge in [-0.2, -0.15) is 0 Å². The summed E-state index contributed by atoms with van der Waals surface area (Å²) in [5.41, 5.74) is 0. The number of unbranched alkanes of at least 4 members (excludes halogenated alkanes) is 1. The van der Waals surface area contributed by atoms with E-state index in [0.717, 1.165) is 25.5 Å². The van der Waals surface area contributed by atoms with Gasteiger partial charge in [0.05, 0.1) is 12.6 Å². The van der Waals surface area contributed by atoms with E-state index in [1.165, 1.54) is 0 Å². The van der Waals surface area contributed by atoms with Crippen molar-refractivity contribution in [3.63, 3.8) is 0 Å². The van der Waals surface area contributed by atoms with Crippen LogP contribution in [-0.4, -0.2) is 25.5 Å². The molecule has 0 aromatic rings. The first-order chi connectivity index (χ1) is 5.35. The lowest BCUT2D eigenvalue weighted by Crippen LogP contribution is -2.32. The maximum absolute atomic E-state index is 10.4. The molecule has 1 atom stereocenters. The van der Waals surface area contributed by atoms with E-state index in [9.17, 15) is 9.90 Å². The van der Waals surface area contributed by atoms with Gasteiger partial charge in [0.15, 0.2) is 0 Å². The summed E-state index contributed by atoms with van der Waals surface area (Å²) in [6.07, 6.45) is 3.85. The van der Waals surface area contributed by atoms with Gasteiger partial charge in [-0.15, -0.1) is 0 Å². The highest BCUT2D eigenvalue weighted by atomic mass is 16.3. The molecule has 0 aliphatic heterocycles. The summed E-state index contributed by atoms with van der Waals surface area (Å²) in [5.74, 6) is 0. The van der Waals surface area contributed by atoms with Gasteiger partial charge < -0.3 is 10.1 Å². The summed E-state index contributed by atoms with van der Waals surface area (Å²) in [6, 6.07) is -0.108. The van der Waals surface area contributed by atoms with Crippen LogP contribution in [-0.2, 0) is 9.90 Å². The van der Waals surface area contributed by atoms with Crippen molar-refractivity contribution in [2.45, 2.75) is 32.2 Å². The van der Waals surface area contributed by atoms with Gasteiger partial charge in [0.25, 0.3) is 0 Å². The van der Waals surface area contributed by atoms with Crippen LogP contribution >= 0.6 is 0 Å². The molecular formula is C8H16NO2. The van der Waals surface area contributed by atoms with Gasteiger partial charge in [-0.05, 0) is 6.42 Å². The third-order valence-corrected chi connectivity index (χ3v) is 1.54. The van der Waals surface area contributed by atoms with Gasteiger partial charge in [0, 0.05) is 6.54 Å².